The third kappa shape index (κ3) is 3.73. The average Bonchev–Trinajstić information content (AvgIpc) is 2.94. The fraction of sp³-hybridized carbons (Fsp3) is 0.476. The van der Waals surface area contributed by atoms with Crippen molar-refractivity contribution in [2.75, 3.05) is 19.7 Å². The number of fused-ring (bicyclic) bond motifs is 1. The molecule has 3 rings (SSSR count). The Kier molecular flexibility index (Phi) is 5.16. The third-order valence-corrected chi connectivity index (χ3v) is 4.90. The fourth-order valence-corrected chi connectivity index (χ4v) is 3.51. The number of carbonyl (C=O) groups is 1. The maximum absolute atomic E-state index is 12.7. The molecule has 1 fully saturated rings. The summed E-state index contributed by atoms with van der Waals surface area (Å²) in [6.07, 6.45) is 5.79. The van der Waals surface area contributed by atoms with E-state index in [1.807, 2.05) is 31.7 Å². The van der Waals surface area contributed by atoms with Gasteiger partial charge in [-0.2, -0.15) is 0 Å². The summed E-state index contributed by atoms with van der Waals surface area (Å²) in [5, 5.41) is 1.06. The summed E-state index contributed by atoms with van der Waals surface area (Å²) in [6, 6.07) is 3.99. The van der Waals surface area contributed by atoms with Crippen molar-refractivity contribution >= 4 is 22.4 Å². The van der Waals surface area contributed by atoms with Gasteiger partial charge in [0.1, 0.15) is 11.3 Å². The van der Waals surface area contributed by atoms with Crippen molar-refractivity contribution in [1.29, 1.82) is 0 Å². The van der Waals surface area contributed by atoms with Crippen LogP contribution in [0.25, 0.3) is 16.5 Å². The number of piperidine rings is 1. The summed E-state index contributed by atoms with van der Waals surface area (Å²) in [7, 11) is 0. The van der Waals surface area contributed by atoms with Gasteiger partial charge in [-0.3, -0.25) is 4.79 Å². The predicted octanol–water partition coefficient (Wildman–Crippen LogP) is 4.80. The average molecular weight is 341 g/mol. The molecule has 0 N–H and O–H groups in total. The second kappa shape index (κ2) is 7.34. The first-order valence-electron chi connectivity index (χ1n) is 9.11. The lowest BCUT2D eigenvalue weighted by atomic mass is 9.99. The van der Waals surface area contributed by atoms with Gasteiger partial charge in [0.15, 0.2) is 0 Å². The van der Waals surface area contributed by atoms with Gasteiger partial charge in [-0.25, -0.2) is 0 Å². The van der Waals surface area contributed by atoms with Crippen molar-refractivity contribution in [2.45, 2.75) is 40.5 Å². The fourth-order valence-electron chi connectivity index (χ4n) is 3.51. The summed E-state index contributed by atoms with van der Waals surface area (Å²) in [4.78, 5) is 14.6. The van der Waals surface area contributed by atoms with Gasteiger partial charge in [0, 0.05) is 36.2 Å². The Balaban J connectivity index is 1.94. The Labute approximate surface area is 149 Å². The van der Waals surface area contributed by atoms with Crippen LogP contribution in [0, 0.1) is 12.8 Å². The van der Waals surface area contributed by atoms with Gasteiger partial charge in [0.05, 0.1) is 12.9 Å². The van der Waals surface area contributed by atoms with Crippen molar-refractivity contribution < 1.29 is 13.9 Å². The molecule has 0 bridgehead atoms. The lowest BCUT2D eigenvalue weighted by Crippen LogP contribution is -2.38. The van der Waals surface area contributed by atoms with Gasteiger partial charge < -0.3 is 14.1 Å². The Morgan fingerprint density at radius 2 is 2.24 bits per heavy atom. The molecule has 1 unspecified atom stereocenters. The van der Waals surface area contributed by atoms with E-state index < -0.39 is 0 Å². The van der Waals surface area contributed by atoms with Crippen LogP contribution in [0.1, 0.15) is 44.7 Å². The maximum atomic E-state index is 12.7. The van der Waals surface area contributed by atoms with Crippen LogP contribution in [0.15, 0.2) is 28.9 Å². The van der Waals surface area contributed by atoms with Gasteiger partial charge in [-0.1, -0.05) is 6.92 Å². The molecular formula is C21H27NO3. The Bertz CT molecular complexity index is 803. The van der Waals surface area contributed by atoms with Gasteiger partial charge >= 0.3 is 0 Å². The molecule has 1 aliphatic rings. The van der Waals surface area contributed by atoms with E-state index in [4.69, 9.17) is 9.15 Å². The molecule has 1 atom stereocenters. The van der Waals surface area contributed by atoms with Crippen LogP contribution < -0.4 is 4.74 Å². The number of hydrogen-bond acceptors (Lipinski definition) is 3. The first-order chi connectivity index (χ1) is 12.0. The van der Waals surface area contributed by atoms with Gasteiger partial charge in [-0.05, 0) is 56.7 Å². The molecule has 134 valence electrons. The standard InChI is InChI=1S/C21H27NO3/c1-5-24-19-11-20-18(16(4)13-25-20)10-17(19)15(3)9-21(23)22-8-6-7-14(2)12-22/h9-11,13-14H,5-8,12H2,1-4H3/b15-9+. The minimum atomic E-state index is 0.0931. The zero-order valence-electron chi connectivity index (χ0n) is 15.6. The van der Waals surface area contributed by atoms with Crippen LogP contribution >= 0.6 is 0 Å². The lowest BCUT2D eigenvalue weighted by molar-refractivity contribution is -0.127. The number of likely N-dealkylation sites (tertiary alicyclic amines) is 1. The van der Waals surface area contributed by atoms with E-state index in [2.05, 4.69) is 13.0 Å². The third-order valence-electron chi connectivity index (χ3n) is 4.90. The zero-order valence-corrected chi connectivity index (χ0v) is 15.6. The van der Waals surface area contributed by atoms with Crippen molar-refractivity contribution in [3.05, 3.63) is 35.6 Å². The lowest BCUT2D eigenvalue weighted by Gasteiger charge is -2.30. The molecule has 1 amide bonds. The normalized spacial score (nSPS) is 18.6. The molecule has 4 nitrogen and oxygen atoms in total. The number of hydrogen-bond donors (Lipinski definition) is 0. The summed E-state index contributed by atoms with van der Waals surface area (Å²) < 4.78 is 11.4. The number of carbonyl (C=O) groups excluding carboxylic acids is 1. The summed E-state index contributed by atoms with van der Waals surface area (Å²) in [6.45, 7) is 10.4. The van der Waals surface area contributed by atoms with E-state index in [0.29, 0.717) is 12.5 Å². The van der Waals surface area contributed by atoms with Crippen LogP contribution in [0.2, 0.25) is 0 Å². The van der Waals surface area contributed by atoms with E-state index >= 15 is 0 Å². The molecule has 1 aromatic heterocycles. The number of ether oxygens (including phenoxy) is 1. The van der Waals surface area contributed by atoms with Crippen molar-refractivity contribution in [3.63, 3.8) is 0 Å². The van der Waals surface area contributed by atoms with E-state index in [1.54, 1.807) is 12.3 Å². The van der Waals surface area contributed by atoms with E-state index in [-0.39, 0.29) is 5.91 Å². The van der Waals surface area contributed by atoms with E-state index in [0.717, 1.165) is 52.9 Å². The molecular weight excluding hydrogens is 314 g/mol. The highest BCUT2D eigenvalue weighted by Crippen LogP contribution is 2.33. The highest BCUT2D eigenvalue weighted by atomic mass is 16.5. The molecule has 1 aromatic carbocycles. The summed E-state index contributed by atoms with van der Waals surface area (Å²) >= 11 is 0. The molecule has 0 radical (unpaired) electrons. The van der Waals surface area contributed by atoms with Crippen molar-refractivity contribution in [1.82, 2.24) is 4.90 Å². The van der Waals surface area contributed by atoms with Gasteiger partial charge in [-0.15, -0.1) is 0 Å². The molecule has 4 heteroatoms. The SMILES string of the molecule is CCOc1cc2occ(C)c2cc1/C(C)=C/C(=O)N1CCCC(C)C1. The number of aryl methyl sites for hydroxylation is 1. The van der Waals surface area contributed by atoms with Gasteiger partial charge in [0.25, 0.3) is 0 Å². The number of amides is 1. The van der Waals surface area contributed by atoms with Gasteiger partial charge in [0.2, 0.25) is 5.91 Å². The monoisotopic (exact) mass is 341 g/mol. The number of allylic oxidation sites excluding steroid dienone is 1. The maximum Gasteiger partial charge on any atom is 0.246 e. The highest BCUT2D eigenvalue weighted by molar-refractivity contribution is 5.97. The Morgan fingerprint density at radius 3 is 2.96 bits per heavy atom. The molecule has 2 heterocycles. The van der Waals surface area contributed by atoms with Crippen LogP contribution in [0.5, 0.6) is 5.75 Å². The van der Waals surface area contributed by atoms with Crippen LogP contribution in [-0.2, 0) is 4.79 Å². The summed E-state index contributed by atoms with van der Waals surface area (Å²) in [5.74, 6) is 1.43. The molecule has 1 saturated heterocycles. The molecule has 25 heavy (non-hydrogen) atoms. The smallest absolute Gasteiger partial charge is 0.246 e. The minimum absolute atomic E-state index is 0.0931. The molecule has 0 aliphatic carbocycles. The quantitative estimate of drug-likeness (QED) is 0.750. The number of benzene rings is 1. The van der Waals surface area contributed by atoms with Crippen LogP contribution in [0.3, 0.4) is 0 Å². The first-order valence-corrected chi connectivity index (χ1v) is 9.11. The topological polar surface area (TPSA) is 42.7 Å². The highest BCUT2D eigenvalue weighted by Gasteiger charge is 2.20. The number of nitrogens with zero attached hydrogens (tertiary/aromatic N) is 1. The predicted molar refractivity (Wildman–Crippen MR) is 101 cm³/mol. The first kappa shape index (κ1) is 17.6. The van der Waals surface area contributed by atoms with E-state index in [9.17, 15) is 4.79 Å². The molecule has 0 spiro atoms. The van der Waals surface area contributed by atoms with Crippen molar-refractivity contribution in [3.8, 4) is 5.75 Å². The molecule has 0 saturated carbocycles. The second-order valence-electron chi connectivity index (χ2n) is 7.06. The summed E-state index contributed by atoms with van der Waals surface area (Å²) in [5.41, 5.74) is 3.78. The van der Waals surface area contributed by atoms with Crippen LogP contribution in [-0.4, -0.2) is 30.5 Å². The Morgan fingerprint density at radius 1 is 1.44 bits per heavy atom. The minimum Gasteiger partial charge on any atom is -0.493 e. The van der Waals surface area contributed by atoms with Crippen molar-refractivity contribution in [2.24, 2.45) is 5.92 Å². The largest absolute Gasteiger partial charge is 0.493 e. The molecule has 2 aromatic rings. The second-order valence-corrected chi connectivity index (χ2v) is 7.06. The number of rotatable bonds is 4. The van der Waals surface area contributed by atoms with E-state index in [1.165, 1.54) is 6.42 Å². The molecule has 1 aliphatic heterocycles. The Hall–Kier alpha value is -2.23. The van der Waals surface area contributed by atoms with Crippen LogP contribution in [0.4, 0.5) is 0 Å². The zero-order chi connectivity index (χ0) is 18.0. The number of furan rings is 1.